The first-order chi connectivity index (χ1) is 7.83. The van der Waals surface area contributed by atoms with Gasteiger partial charge in [0.25, 0.3) is 0 Å². The molecule has 0 heterocycles. The van der Waals surface area contributed by atoms with Crippen LogP contribution in [-0.4, -0.2) is 12.8 Å². The number of benzene rings is 1. The van der Waals surface area contributed by atoms with E-state index in [0.717, 1.165) is 16.8 Å². The molecule has 1 rings (SSSR count). The Hall–Kier alpha value is -1.89. The quantitative estimate of drug-likeness (QED) is 0.530. The van der Waals surface area contributed by atoms with Gasteiger partial charge in [-0.2, -0.15) is 0 Å². The van der Waals surface area contributed by atoms with Crippen LogP contribution >= 0.6 is 0 Å². The van der Waals surface area contributed by atoms with Gasteiger partial charge in [-0.1, -0.05) is 61.2 Å². The molecule has 0 saturated carbocycles. The molecule has 0 unspecified atom stereocenters. The molecule has 1 heteroatoms. The van der Waals surface area contributed by atoms with Crippen molar-refractivity contribution in [2.24, 2.45) is 4.99 Å². The van der Waals surface area contributed by atoms with Crippen molar-refractivity contribution >= 4 is 5.71 Å². The molecule has 0 aliphatic heterocycles. The van der Waals surface area contributed by atoms with Gasteiger partial charge >= 0.3 is 0 Å². The molecule has 0 aliphatic carbocycles. The lowest BCUT2D eigenvalue weighted by Crippen LogP contribution is -2.02. The maximum absolute atomic E-state index is 4.33. The lowest BCUT2D eigenvalue weighted by atomic mass is 10.0. The van der Waals surface area contributed by atoms with Crippen molar-refractivity contribution in [2.75, 3.05) is 7.05 Å². The van der Waals surface area contributed by atoms with Gasteiger partial charge in [0.1, 0.15) is 0 Å². The third-order valence-corrected chi connectivity index (χ3v) is 2.23. The van der Waals surface area contributed by atoms with Crippen molar-refractivity contribution in [3.05, 3.63) is 72.4 Å². The first-order valence-corrected chi connectivity index (χ1v) is 5.31. The zero-order chi connectivity index (χ0) is 11.8. The molecule has 0 N–H and O–H groups in total. The van der Waals surface area contributed by atoms with Crippen LogP contribution in [0.5, 0.6) is 0 Å². The van der Waals surface area contributed by atoms with Gasteiger partial charge in [0.15, 0.2) is 0 Å². The van der Waals surface area contributed by atoms with Crippen molar-refractivity contribution < 1.29 is 0 Å². The SMILES string of the molecule is C=CC(=C\C=C/C)/C(=N/C)c1ccccc1. The molecule has 0 fully saturated rings. The molecule has 0 radical (unpaired) electrons. The highest BCUT2D eigenvalue weighted by Crippen LogP contribution is 2.10. The molecular formula is C15H17N. The number of hydrogen-bond donors (Lipinski definition) is 0. The lowest BCUT2D eigenvalue weighted by Gasteiger charge is -2.06. The molecule has 0 aliphatic rings. The zero-order valence-electron chi connectivity index (χ0n) is 9.85. The van der Waals surface area contributed by atoms with E-state index in [0.29, 0.717) is 0 Å². The lowest BCUT2D eigenvalue weighted by molar-refractivity contribution is 1.42. The molecule has 0 atom stereocenters. The largest absolute Gasteiger partial charge is 0.287 e. The van der Waals surface area contributed by atoms with Crippen molar-refractivity contribution in [1.29, 1.82) is 0 Å². The Balaban J connectivity index is 3.13. The van der Waals surface area contributed by atoms with E-state index in [1.165, 1.54) is 0 Å². The summed E-state index contributed by atoms with van der Waals surface area (Å²) in [4.78, 5) is 4.33. The summed E-state index contributed by atoms with van der Waals surface area (Å²) in [7, 11) is 1.80. The van der Waals surface area contributed by atoms with Crippen LogP contribution in [0.3, 0.4) is 0 Å². The Morgan fingerprint density at radius 1 is 1.25 bits per heavy atom. The number of nitrogens with zero attached hydrogens (tertiary/aromatic N) is 1. The fraction of sp³-hybridized carbons (Fsp3) is 0.133. The third kappa shape index (κ3) is 3.06. The molecule has 0 aromatic heterocycles. The van der Waals surface area contributed by atoms with Crippen molar-refractivity contribution in [3.8, 4) is 0 Å². The van der Waals surface area contributed by atoms with Gasteiger partial charge in [-0.3, -0.25) is 4.99 Å². The zero-order valence-corrected chi connectivity index (χ0v) is 9.85. The van der Waals surface area contributed by atoms with E-state index < -0.39 is 0 Å². The molecule has 0 saturated heterocycles. The van der Waals surface area contributed by atoms with Gasteiger partial charge in [0.05, 0.1) is 5.71 Å². The van der Waals surface area contributed by atoms with E-state index in [-0.39, 0.29) is 0 Å². The van der Waals surface area contributed by atoms with Crippen molar-refractivity contribution in [2.45, 2.75) is 6.92 Å². The number of allylic oxidation sites excluding steroid dienone is 5. The minimum absolute atomic E-state index is 0.966. The molecule has 82 valence electrons. The van der Waals surface area contributed by atoms with Crippen LogP contribution in [0.4, 0.5) is 0 Å². The molecule has 1 nitrogen and oxygen atoms in total. The van der Waals surface area contributed by atoms with Crippen molar-refractivity contribution in [3.63, 3.8) is 0 Å². The summed E-state index contributed by atoms with van der Waals surface area (Å²) < 4.78 is 0. The summed E-state index contributed by atoms with van der Waals surface area (Å²) in [5.41, 5.74) is 3.11. The Morgan fingerprint density at radius 3 is 2.44 bits per heavy atom. The van der Waals surface area contributed by atoms with Gasteiger partial charge in [-0.05, 0) is 12.5 Å². The number of hydrogen-bond acceptors (Lipinski definition) is 1. The van der Waals surface area contributed by atoms with E-state index in [4.69, 9.17) is 0 Å². The minimum atomic E-state index is 0.966. The topological polar surface area (TPSA) is 12.4 Å². The highest BCUT2D eigenvalue weighted by Gasteiger charge is 2.04. The van der Waals surface area contributed by atoms with E-state index in [2.05, 4.69) is 23.7 Å². The van der Waals surface area contributed by atoms with Gasteiger partial charge in [0, 0.05) is 12.6 Å². The predicted molar refractivity (Wildman–Crippen MR) is 72.0 cm³/mol. The Labute approximate surface area is 97.5 Å². The van der Waals surface area contributed by atoms with E-state index in [1.807, 2.05) is 49.4 Å². The summed E-state index contributed by atoms with van der Waals surface area (Å²) >= 11 is 0. The van der Waals surface area contributed by atoms with Gasteiger partial charge in [-0.25, -0.2) is 0 Å². The Kier molecular flexibility index (Phi) is 5.00. The van der Waals surface area contributed by atoms with Crippen LogP contribution in [0.1, 0.15) is 12.5 Å². The first kappa shape index (κ1) is 12.2. The van der Waals surface area contributed by atoms with E-state index in [1.54, 1.807) is 7.05 Å². The fourth-order valence-corrected chi connectivity index (χ4v) is 1.46. The van der Waals surface area contributed by atoms with E-state index >= 15 is 0 Å². The predicted octanol–water partition coefficient (Wildman–Crippen LogP) is 3.79. The third-order valence-electron chi connectivity index (χ3n) is 2.23. The summed E-state index contributed by atoms with van der Waals surface area (Å²) in [5, 5.41) is 0. The Bertz CT molecular complexity index is 422. The smallest absolute Gasteiger partial charge is 0.0715 e. The number of aliphatic imine (C=N–C) groups is 1. The summed E-state index contributed by atoms with van der Waals surface area (Å²) in [6.07, 6.45) is 7.82. The van der Waals surface area contributed by atoms with Gasteiger partial charge < -0.3 is 0 Å². The second-order valence-electron chi connectivity index (χ2n) is 3.29. The van der Waals surface area contributed by atoms with Gasteiger partial charge in [0.2, 0.25) is 0 Å². The second kappa shape index (κ2) is 6.57. The Morgan fingerprint density at radius 2 is 1.94 bits per heavy atom. The summed E-state index contributed by atoms with van der Waals surface area (Å²) in [5.74, 6) is 0. The average molecular weight is 211 g/mol. The monoisotopic (exact) mass is 211 g/mol. The summed E-state index contributed by atoms with van der Waals surface area (Å²) in [6, 6.07) is 10.1. The maximum atomic E-state index is 4.33. The van der Waals surface area contributed by atoms with Crippen LogP contribution in [0, 0.1) is 0 Å². The second-order valence-corrected chi connectivity index (χ2v) is 3.29. The molecule has 0 amide bonds. The van der Waals surface area contributed by atoms with Crippen LogP contribution in [-0.2, 0) is 0 Å². The molecule has 0 bridgehead atoms. The molecule has 0 spiro atoms. The number of rotatable bonds is 4. The highest BCUT2D eigenvalue weighted by atomic mass is 14.7. The van der Waals surface area contributed by atoms with Crippen LogP contribution in [0.25, 0.3) is 0 Å². The summed E-state index contributed by atoms with van der Waals surface area (Å²) in [6.45, 7) is 5.81. The minimum Gasteiger partial charge on any atom is -0.287 e. The first-order valence-electron chi connectivity index (χ1n) is 5.31. The molecular weight excluding hydrogens is 194 g/mol. The normalized spacial score (nSPS) is 13.1. The van der Waals surface area contributed by atoms with Crippen LogP contribution < -0.4 is 0 Å². The van der Waals surface area contributed by atoms with Gasteiger partial charge in [-0.15, -0.1) is 0 Å². The van der Waals surface area contributed by atoms with Crippen LogP contribution in [0.15, 0.2) is 71.8 Å². The van der Waals surface area contributed by atoms with E-state index in [9.17, 15) is 0 Å². The van der Waals surface area contributed by atoms with Crippen molar-refractivity contribution in [1.82, 2.24) is 0 Å². The fourth-order valence-electron chi connectivity index (χ4n) is 1.46. The average Bonchev–Trinajstić information content (AvgIpc) is 2.35. The maximum Gasteiger partial charge on any atom is 0.0715 e. The molecule has 1 aromatic carbocycles. The highest BCUT2D eigenvalue weighted by molar-refractivity contribution is 6.14. The molecule has 16 heavy (non-hydrogen) atoms. The van der Waals surface area contributed by atoms with Crippen LogP contribution in [0.2, 0.25) is 0 Å². The standard InChI is InChI=1S/C15H17N/c1-4-6-10-13(5-2)15(16-3)14-11-8-7-9-12-14/h4-12H,2H2,1,3H3/b6-4-,13-10+,16-15-. The molecule has 1 aromatic rings.